The molecular formula is C8H5ClN2OS. The van der Waals surface area contributed by atoms with Crippen molar-refractivity contribution in [3.63, 3.8) is 0 Å². The molecule has 2 aromatic rings. The smallest absolute Gasteiger partial charge is 0.161 e. The normalized spacial score (nSPS) is 10.6. The van der Waals surface area contributed by atoms with Gasteiger partial charge in [0.05, 0.1) is 9.72 Å². The van der Waals surface area contributed by atoms with Gasteiger partial charge in [-0.05, 0) is 30.6 Å². The van der Waals surface area contributed by atoms with E-state index in [0.717, 1.165) is 10.2 Å². The van der Waals surface area contributed by atoms with E-state index in [-0.39, 0.29) is 5.78 Å². The summed E-state index contributed by atoms with van der Waals surface area (Å²) >= 11 is 7.19. The molecule has 0 saturated heterocycles. The van der Waals surface area contributed by atoms with Crippen molar-refractivity contribution >= 4 is 39.1 Å². The summed E-state index contributed by atoms with van der Waals surface area (Å²) in [5, 5.41) is 4.31. The highest BCUT2D eigenvalue weighted by Gasteiger charge is 2.11. The molecule has 0 atom stereocenters. The summed E-state index contributed by atoms with van der Waals surface area (Å²) in [5.41, 5.74) is 1.26. The van der Waals surface area contributed by atoms with Crippen molar-refractivity contribution in [2.75, 3.05) is 0 Å². The Balaban J connectivity index is 2.80. The van der Waals surface area contributed by atoms with Gasteiger partial charge in [-0.25, -0.2) is 0 Å². The highest BCUT2D eigenvalue weighted by molar-refractivity contribution is 7.13. The molecule has 5 heteroatoms. The number of aromatic nitrogens is 2. The van der Waals surface area contributed by atoms with Gasteiger partial charge in [-0.3, -0.25) is 4.79 Å². The minimum absolute atomic E-state index is 0.0414. The second-order valence-corrected chi connectivity index (χ2v) is 3.74. The lowest BCUT2D eigenvalue weighted by molar-refractivity contribution is 0.101. The number of rotatable bonds is 1. The molecule has 0 aliphatic heterocycles. The zero-order chi connectivity index (χ0) is 9.42. The summed E-state index contributed by atoms with van der Waals surface area (Å²) in [7, 11) is 0. The summed E-state index contributed by atoms with van der Waals surface area (Å²) in [6, 6.07) is 3.43. The lowest BCUT2D eigenvalue weighted by Gasteiger charge is -1.98. The van der Waals surface area contributed by atoms with Crippen LogP contribution in [-0.2, 0) is 0 Å². The van der Waals surface area contributed by atoms with Crippen LogP contribution in [0.5, 0.6) is 0 Å². The number of fused-ring (bicyclic) bond motifs is 1. The summed E-state index contributed by atoms with van der Waals surface area (Å²) in [4.78, 5) is 11.1. The third-order valence-electron chi connectivity index (χ3n) is 1.74. The van der Waals surface area contributed by atoms with Gasteiger partial charge in [0.15, 0.2) is 5.78 Å². The predicted octanol–water partition coefficient (Wildman–Crippen LogP) is 2.55. The van der Waals surface area contributed by atoms with E-state index in [1.807, 2.05) is 0 Å². The Bertz CT molecular complexity index is 480. The number of halogens is 1. The van der Waals surface area contributed by atoms with Crippen LogP contribution in [0.25, 0.3) is 10.2 Å². The standard InChI is InChI=1S/C8H5ClN2OS/c1-4(12)5-2-3-6-8(7(5)9)13-11-10-6/h2-3H,1H3. The summed E-state index contributed by atoms with van der Waals surface area (Å²) < 4.78 is 4.53. The minimum atomic E-state index is -0.0414. The molecule has 0 fully saturated rings. The summed E-state index contributed by atoms with van der Waals surface area (Å²) in [6.07, 6.45) is 0. The molecule has 1 heterocycles. The van der Waals surface area contributed by atoms with Crippen molar-refractivity contribution in [2.24, 2.45) is 0 Å². The van der Waals surface area contributed by atoms with Crippen LogP contribution < -0.4 is 0 Å². The van der Waals surface area contributed by atoms with Crippen LogP contribution in [0.4, 0.5) is 0 Å². The number of benzene rings is 1. The van der Waals surface area contributed by atoms with Gasteiger partial charge >= 0.3 is 0 Å². The zero-order valence-corrected chi connectivity index (χ0v) is 8.32. The average Bonchev–Trinajstić information content (AvgIpc) is 2.52. The van der Waals surface area contributed by atoms with E-state index < -0.39 is 0 Å². The van der Waals surface area contributed by atoms with E-state index in [9.17, 15) is 4.79 Å². The molecule has 0 N–H and O–H groups in total. The molecule has 0 bridgehead atoms. The van der Waals surface area contributed by atoms with E-state index in [1.165, 1.54) is 18.5 Å². The Hall–Kier alpha value is -1.00. The SMILES string of the molecule is CC(=O)c1ccc2nnsc2c1Cl. The van der Waals surface area contributed by atoms with Gasteiger partial charge in [-0.2, -0.15) is 0 Å². The zero-order valence-electron chi connectivity index (χ0n) is 6.74. The molecule has 0 amide bonds. The van der Waals surface area contributed by atoms with Crippen LogP contribution >= 0.6 is 23.1 Å². The second-order valence-electron chi connectivity index (χ2n) is 2.60. The van der Waals surface area contributed by atoms with Crippen molar-refractivity contribution in [3.8, 4) is 0 Å². The highest BCUT2D eigenvalue weighted by atomic mass is 35.5. The number of Topliss-reactive ketones (excluding diaryl/α,β-unsaturated/α-hetero) is 1. The van der Waals surface area contributed by atoms with Crippen LogP contribution in [0.1, 0.15) is 17.3 Å². The van der Waals surface area contributed by atoms with Crippen LogP contribution in [0.15, 0.2) is 12.1 Å². The van der Waals surface area contributed by atoms with Gasteiger partial charge in [0.1, 0.15) is 5.52 Å². The van der Waals surface area contributed by atoms with Crippen molar-refractivity contribution in [2.45, 2.75) is 6.92 Å². The monoisotopic (exact) mass is 212 g/mol. The van der Waals surface area contributed by atoms with Crippen LogP contribution in [0.3, 0.4) is 0 Å². The quantitative estimate of drug-likeness (QED) is 0.683. The number of ketones is 1. The third-order valence-corrected chi connectivity index (χ3v) is 3.00. The Morgan fingerprint density at radius 1 is 1.54 bits per heavy atom. The molecule has 0 aliphatic rings. The Morgan fingerprint density at radius 3 is 3.00 bits per heavy atom. The molecule has 0 aliphatic carbocycles. The molecule has 13 heavy (non-hydrogen) atoms. The van der Waals surface area contributed by atoms with Crippen molar-refractivity contribution < 1.29 is 4.79 Å². The number of nitrogens with zero attached hydrogens (tertiary/aromatic N) is 2. The molecule has 0 unspecified atom stereocenters. The summed E-state index contributed by atoms with van der Waals surface area (Å²) in [6.45, 7) is 1.49. The maximum absolute atomic E-state index is 11.1. The maximum Gasteiger partial charge on any atom is 0.161 e. The first-order chi connectivity index (χ1) is 6.20. The van der Waals surface area contributed by atoms with Crippen LogP contribution in [-0.4, -0.2) is 15.4 Å². The van der Waals surface area contributed by atoms with Crippen molar-refractivity contribution in [1.29, 1.82) is 0 Å². The van der Waals surface area contributed by atoms with Gasteiger partial charge < -0.3 is 0 Å². The number of carbonyl (C=O) groups excluding carboxylic acids is 1. The van der Waals surface area contributed by atoms with Gasteiger partial charge in [0.2, 0.25) is 0 Å². The lowest BCUT2D eigenvalue weighted by atomic mass is 10.1. The molecular weight excluding hydrogens is 208 g/mol. The topological polar surface area (TPSA) is 42.9 Å². The molecule has 0 radical (unpaired) electrons. The molecule has 1 aromatic heterocycles. The number of hydrogen-bond donors (Lipinski definition) is 0. The average molecular weight is 213 g/mol. The fraction of sp³-hybridized carbons (Fsp3) is 0.125. The second kappa shape index (κ2) is 3.05. The molecule has 66 valence electrons. The van der Waals surface area contributed by atoms with Crippen LogP contribution in [0.2, 0.25) is 5.02 Å². The van der Waals surface area contributed by atoms with Gasteiger partial charge in [-0.15, -0.1) is 5.10 Å². The first kappa shape index (κ1) is 8.59. The lowest BCUT2D eigenvalue weighted by Crippen LogP contribution is -1.92. The first-order valence-corrected chi connectivity index (χ1v) is 4.77. The predicted molar refractivity (Wildman–Crippen MR) is 52.4 cm³/mol. The van der Waals surface area contributed by atoms with Crippen molar-refractivity contribution in [1.82, 2.24) is 9.59 Å². The van der Waals surface area contributed by atoms with E-state index in [2.05, 4.69) is 9.59 Å². The molecule has 0 saturated carbocycles. The van der Waals surface area contributed by atoms with E-state index in [0.29, 0.717) is 10.6 Å². The fourth-order valence-corrected chi connectivity index (χ4v) is 2.09. The first-order valence-electron chi connectivity index (χ1n) is 3.61. The minimum Gasteiger partial charge on any atom is -0.294 e. The Labute approximate surface area is 83.5 Å². The van der Waals surface area contributed by atoms with Gasteiger partial charge in [0.25, 0.3) is 0 Å². The van der Waals surface area contributed by atoms with Crippen molar-refractivity contribution in [3.05, 3.63) is 22.7 Å². The highest BCUT2D eigenvalue weighted by Crippen LogP contribution is 2.28. The Kier molecular flexibility index (Phi) is 2.01. The van der Waals surface area contributed by atoms with E-state index in [1.54, 1.807) is 12.1 Å². The molecule has 3 nitrogen and oxygen atoms in total. The van der Waals surface area contributed by atoms with E-state index in [4.69, 9.17) is 11.6 Å². The molecule has 0 spiro atoms. The largest absolute Gasteiger partial charge is 0.294 e. The third kappa shape index (κ3) is 1.32. The fourth-order valence-electron chi connectivity index (χ4n) is 1.09. The van der Waals surface area contributed by atoms with Gasteiger partial charge in [0, 0.05) is 5.56 Å². The van der Waals surface area contributed by atoms with E-state index >= 15 is 0 Å². The Morgan fingerprint density at radius 2 is 2.31 bits per heavy atom. The number of carbonyl (C=O) groups is 1. The number of hydrogen-bond acceptors (Lipinski definition) is 4. The molecule has 1 aromatic carbocycles. The maximum atomic E-state index is 11.1. The van der Waals surface area contributed by atoms with Gasteiger partial charge in [-0.1, -0.05) is 16.1 Å². The molecule has 2 rings (SSSR count). The van der Waals surface area contributed by atoms with Crippen LogP contribution in [0, 0.1) is 0 Å². The summed E-state index contributed by atoms with van der Waals surface area (Å²) in [5.74, 6) is -0.0414.